The fourth-order valence-corrected chi connectivity index (χ4v) is 3.70. The maximum atomic E-state index is 12.4. The Labute approximate surface area is 130 Å². The maximum absolute atomic E-state index is 12.4. The number of fused-ring (bicyclic) bond motifs is 1. The lowest BCUT2D eigenvalue weighted by Crippen LogP contribution is -2.43. The number of rotatable bonds is 2. The number of carbonyl (C=O) groups is 1. The first-order chi connectivity index (χ1) is 9.33. The molecule has 6 heteroatoms. The third kappa shape index (κ3) is 3.73. The number of nitrogens with one attached hydrogen (secondary N) is 1. The fourth-order valence-electron chi connectivity index (χ4n) is 2.81. The average molecular weight is 316 g/mol. The summed E-state index contributed by atoms with van der Waals surface area (Å²) in [7, 11) is 0. The predicted octanol–water partition coefficient (Wildman–Crippen LogP) is 1.35. The molecule has 0 aliphatic carbocycles. The van der Waals surface area contributed by atoms with E-state index < -0.39 is 0 Å². The van der Waals surface area contributed by atoms with E-state index in [4.69, 9.17) is 0 Å². The molecule has 20 heavy (non-hydrogen) atoms. The lowest BCUT2D eigenvalue weighted by molar-refractivity contribution is -0.133. The molecule has 1 aromatic rings. The van der Waals surface area contributed by atoms with Crippen molar-refractivity contribution in [3.8, 4) is 0 Å². The molecule has 3 rings (SSSR count). The minimum absolute atomic E-state index is 0. The van der Waals surface area contributed by atoms with E-state index in [-0.39, 0.29) is 12.4 Å². The topological polar surface area (TPSA) is 35.6 Å². The highest BCUT2D eigenvalue weighted by Crippen LogP contribution is 2.24. The van der Waals surface area contributed by atoms with Crippen LogP contribution in [0.5, 0.6) is 0 Å². The highest BCUT2D eigenvalue weighted by Gasteiger charge is 2.23. The Morgan fingerprint density at radius 2 is 2.20 bits per heavy atom. The van der Waals surface area contributed by atoms with E-state index in [1.165, 1.54) is 10.4 Å². The zero-order valence-electron chi connectivity index (χ0n) is 11.6. The van der Waals surface area contributed by atoms with E-state index in [0.29, 0.717) is 12.5 Å². The van der Waals surface area contributed by atoms with E-state index in [9.17, 15) is 4.79 Å². The van der Waals surface area contributed by atoms with Gasteiger partial charge in [0.1, 0.15) is 0 Å². The maximum Gasteiger partial charge on any atom is 0.237 e. The summed E-state index contributed by atoms with van der Waals surface area (Å²) in [6, 6.07) is 2.16. The van der Waals surface area contributed by atoms with E-state index in [1.54, 1.807) is 0 Å². The van der Waals surface area contributed by atoms with Crippen LogP contribution >= 0.6 is 23.7 Å². The minimum atomic E-state index is 0. The Morgan fingerprint density at radius 3 is 3.10 bits per heavy atom. The van der Waals surface area contributed by atoms with Crippen molar-refractivity contribution in [2.45, 2.75) is 19.4 Å². The summed E-state index contributed by atoms with van der Waals surface area (Å²) >= 11 is 1.82. The molecule has 3 heterocycles. The molecule has 112 valence electrons. The van der Waals surface area contributed by atoms with Gasteiger partial charge in [-0.05, 0) is 42.9 Å². The molecule has 0 bridgehead atoms. The molecule has 1 saturated heterocycles. The van der Waals surface area contributed by atoms with Crippen LogP contribution in [0.3, 0.4) is 0 Å². The van der Waals surface area contributed by atoms with Crippen molar-refractivity contribution >= 4 is 29.7 Å². The van der Waals surface area contributed by atoms with E-state index in [0.717, 1.165) is 52.1 Å². The number of hydrogen-bond donors (Lipinski definition) is 1. The number of halogens is 1. The van der Waals surface area contributed by atoms with Crippen LogP contribution in [0.1, 0.15) is 16.9 Å². The van der Waals surface area contributed by atoms with Crippen LogP contribution in [0.25, 0.3) is 0 Å². The molecule has 1 aromatic heterocycles. The van der Waals surface area contributed by atoms with Crippen molar-refractivity contribution < 1.29 is 4.79 Å². The lowest BCUT2D eigenvalue weighted by atomic mass is 10.1. The molecule has 2 aliphatic rings. The number of thiophene rings is 1. The molecule has 2 aliphatic heterocycles. The quantitative estimate of drug-likeness (QED) is 0.895. The van der Waals surface area contributed by atoms with E-state index >= 15 is 0 Å². The molecule has 0 aromatic carbocycles. The molecule has 0 spiro atoms. The van der Waals surface area contributed by atoms with Gasteiger partial charge >= 0.3 is 0 Å². The predicted molar refractivity (Wildman–Crippen MR) is 84.6 cm³/mol. The first-order valence-corrected chi connectivity index (χ1v) is 7.97. The molecular formula is C14H22ClN3OS. The molecule has 1 amide bonds. The Balaban J connectivity index is 0.00000147. The van der Waals surface area contributed by atoms with Gasteiger partial charge in [0.15, 0.2) is 0 Å². The highest BCUT2D eigenvalue weighted by molar-refractivity contribution is 7.10. The number of amides is 1. The standard InChI is InChI=1S/C14H21N3OS.ClH/c18-14(11-16-6-1-4-15-5-8-16)17-7-2-13-12(10-17)3-9-19-13;/h3,9,15H,1-2,4-8,10-11H2;1H. The van der Waals surface area contributed by atoms with Crippen LogP contribution in [0, 0.1) is 0 Å². The summed E-state index contributed by atoms with van der Waals surface area (Å²) < 4.78 is 0. The second kappa shape index (κ2) is 7.41. The molecule has 0 saturated carbocycles. The van der Waals surface area contributed by atoms with Crippen LogP contribution in [-0.4, -0.2) is 55.0 Å². The summed E-state index contributed by atoms with van der Waals surface area (Å²) in [6.45, 7) is 6.39. The third-order valence-electron chi connectivity index (χ3n) is 3.95. The van der Waals surface area contributed by atoms with Crippen molar-refractivity contribution in [2.24, 2.45) is 0 Å². The van der Waals surface area contributed by atoms with Crippen LogP contribution in [0.15, 0.2) is 11.4 Å². The van der Waals surface area contributed by atoms with Crippen LogP contribution in [0.2, 0.25) is 0 Å². The van der Waals surface area contributed by atoms with Gasteiger partial charge in [-0.15, -0.1) is 23.7 Å². The fraction of sp³-hybridized carbons (Fsp3) is 0.643. The van der Waals surface area contributed by atoms with Gasteiger partial charge in [-0.3, -0.25) is 9.69 Å². The molecule has 0 atom stereocenters. The second-order valence-corrected chi connectivity index (χ2v) is 6.31. The van der Waals surface area contributed by atoms with Gasteiger partial charge in [-0.2, -0.15) is 0 Å². The Hall–Kier alpha value is -0.620. The normalized spacial score (nSPS) is 19.9. The summed E-state index contributed by atoms with van der Waals surface area (Å²) in [4.78, 5) is 18.1. The van der Waals surface area contributed by atoms with Gasteiger partial charge < -0.3 is 10.2 Å². The summed E-state index contributed by atoms with van der Waals surface area (Å²) in [5.41, 5.74) is 1.35. The minimum Gasteiger partial charge on any atom is -0.337 e. The van der Waals surface area contributed by atoms with Crippen molar-refractivity contribution in [3.05, 3.63) is 21.9 Å². The second-order valence-electron chi connectivity index (χ2n) is 5.31. The number of nitrogens with zero attached hydrogens (tertiary/aromatic N) is 2. The average Bonchev–Trinajstić information content (AvgIpc) is 2.75. The summed E-state index contributed by atoms with van der Waals surface area (Å²) in [6.07, 6.45) is 2.17. The van der Waals surface area contributed by atoms with Crippen LogP contribution in [-0.2, 0) is 17.8 Å². The molecule has 1 N–H and O–H groups in total. The number of carbonyl (C=O) groups excluding carboxylic acids is 1. The van der Waals surface area contributed by atoms with Crippen LogP contribution < -0.4 is 5.32 Å². The lowest BCUT2D eigenvalue weighted by Gasteiger charge is -2.29. The molecule has 0 radical (unpaired) electrons. The summed E-state index contributed by atoms with van der Waals surface area (Å²) in [5, 5.41) is 5.51. The van der Waals surface area contributed by atoms with Crippen molar-refractivity contribution in [3.63, 3.8) is 0 Å². The smallest absolute Gasteiger partial charge is 0.237 e. The SMILES string of the molecule is Cl.O=C(CN1CCCNCC1)N1CCc2sccc2C1. The van der Waals surface area contributed by atoms with Crippen molar-refractivity contribution in [1.82, 2.24) is 15.1 Å². The van der Waals surface area contributed by atoms with Crippen molar-refractivity contribution in [1.29, 1.82) is 0 Å². The van der Waals surface area contributed by atoms with E-state index in [1.807, 2.05) is 16.2 Å². The van der Waals surface area contributed by atoms with Gasteiger partial charge in [0, 0.05) is 31.1 Å². The monoisotopic (exact) mass is 315 g/mol. The Kier molecular flexibility index (Phi) is 5.84. The van der Waals surface area contributed by atoms with Crippen LogP contribution in [0.4, 0.5) is 0 Å². The first-order valence-electron chi connectivity index (χ1n) is 7.09. The van der Waals surface area contributed by atoms with Gasteiger partial charge in [0.2, 0.25) is 5.91 Å². The van der Waals surface area contributed by atoms with Gasteiger partial charge in [-0.25, -0.2) is 0 Å². The molecule has 4 nitrogen and oxygen atoms in total. The van der Waals surface area contributed by atoms with Gasteiger partial charge in [0.25, 0.3) is 0 Å². The largest absolute Gasteiger partial charge is 0.337 e. The van der Waals surface area contributed by atoms with Gasteiger partial charge in [-0.1, -0.05) is 0 Å². The Morgan fingerprint density at radius 1 is 1.30 bits per heavy atom. The summed E-state index contributed by atoms with van der Waals surface area (Å²) in [5.74, 6) is 0.291. The molecular weight excluding hydrogens is 294 g/mol. The molecule has 1 fully saturated rings. The zero-order chi connectivity index (χ0) is 13.1. The van der Waals surface area contributed by atoms with Crippen molar-refractivity contribution in [2.75, 3.05) is 39.3 Å². The third-order valence-corrected chi connectivity index (χ3v) is 4.97. The highest BCUT2D eigenvalue weighted by atomic mass is 35.5. The van der Waals surface area contributed by atoms with E-state index in [2.05, 4.69) is 21.7 Å². The molecule has 0 unspecified atom stereocenters. The zero-order valence-corrected chi connectivity index (χ0v) is 13.3. The number of hydrogen-bond acceptors (Lipinski definition) is 4. The van der Waals surface area contributed by atoms with Gasteiger partial charge in [0.05, 0.1) is 6.54 Å². The Bertz CT molecular complexity index is 443. The first kappa shape index (κ1) is 15.8.